The molecule has 0 saturated heterocycles. The van der Waals surface area contributed by atoms with Crippen LogP contribution in [0.15, 0.2) is 12.1 Å². The van der Waals surface area contributed by atoms with Gasteiger partial charge in [0.05, 0.1) is 12.5 Å². The topological polar surface area (TPSA) is 44.8 Å². The zero-order valence-corrected chi connectivity index (χ0v) is 9.91. The van der Waals surface area contributed by atoms with Crippen molar-refractivity contribution < 1.29 is 19.0 Å². The van der Waals surface area contributed by atoms with Crippen LogP contribution in [0.25, 0.3) is 0 Å². The molecular weight excluding hydrogens is 220 g/mol. The first-order chi connectivity index (χ1) is 8.17. The highest BCUT2D eigenvalue weighted by atomic mass is 16.7. The second-order valence-electron chi connectivity index (χ2n) is 4.54. The zero-order valence-electron chi connectivity index (χ0n) is 9.91. The summed E-state index contributed by atoms with van der Waals surface area (Å²) in [6.07, 6.45) is 1.77. The van der Waals surface area contributed by atoms with E-state index in [1.165, 1.54) is 0 Å². The lowest BCUT2D eigenvalue weighted by Crippen LogP contribution is -2.17. The molecule has 0 radical (unpaired) electrons. The highest BCUT2D eigenvalue weighted by molar-refractivity contribution is 5.92. The lowest BCUT2D eigenvalue weighted by atomic mass is 9.91. The van der Waals surface area contributed by atoms with Crippen LogP contribution in [0.5, 0.6) is 17.2 Å². The standard InChI is InChI=1S/C13H14O4/c1-8(14)13(3-4-13)9-5-11-12(17-7-16-11)6-10(9)15-2/h5-6H,3-4,7H2,1-2H3. The van der Waals surface area contributed by atoms with Crippen LogP contribution in [0.1, 0.15) is 25.3 Å². The first-order valence-electron chi connectivity index (χ1n) is 5.66. The summed E-state index contributed by atoms with van der Waals surface area (Å²) in [4.78, 5) is 11.8. The van der Waals surface area contributed by atoms with Gasteiger partial charge in [0.1, 0.15) is 11.5 Å². The Morgan fingerprint density at radius 3 is 2.47 bits per heavy atom. The minimum absolute atomic E-state index is 0.190. The Labute approximate surface area is 99.5 Å². The number of hydrogen-bond donors (Lipinski definition) is 0. The molecule has 90 valence electrons. The smallest absolute Gasteiger partial charge is 0.231 e. The van der Waals surface area contributed by atoms with Gasteiger partial charge in [-0.3, -0.25) is 4.79 Å². The normalized spacial score (nSPS) is 18.9. The van der Waals surface area contributed by atoms with Crippen molar-refractivity contribution in [1.82, 2.24) is 0 Å². The molecule has 3 rings (SSSR count). The summed E-state index contributed by atoms with van der Waals surface area (Å²) in [6, 6.07) is 3.69. The molecule has 1 aromatic carbocycles. The molecular formula is C13H14O4. The third-order valence-corrected chi connectivity index (χ3v) is 3.63. The van der Waals surface area contributed by atoms with E-state index < -0.39 is 0 Å². The number of rotatable bonds is 3. The number of carbonyl (C=O) groups excluding carboxylic acids is 1. The Balaban J connectivity index is 2.13. The van der Waals surface area contributed by atoms with Crippen molar-refractivity contribution in [1.29, 1.82) is 0 Å². The molecule has 1 saturated carbocycles. The fraction of sp³-hybridized carbons (Fsp3) is 0.462. The van der Waals surface area contributed by atoms with Crippen LogP contribution in [0.2, 0.25) is 0 Å². The molecule has 1 aliphatic heterocycles. The number of hydrogen-bond acceptors (Lipinski definition) is 4. The van der Waals surface area contributed by atoms with Crippen LogP contribution in [0.4, 0.5) is 0 Å². The predicted molar refractivity (Wildman–Crippen MR) is 60.7 cm³/mol. The van der Waals surface area contributed by atoms with E-state index in [1.807, 2.05) is 6.07 Å². The van der Waals surface area contributed by atoms with Gasteiger partial charge in [-0.1, -0.05) is 0 Å². The molecule has 0 bridgehead atoms. The monoisotopic (exact) mass is 234 g/mol. The van der Waals surface area contributed by atoms with E-state index in [2.05, 4.69) is 0 Å². The van der Waals surface area contributed by atoms with Crippen LogP contribution in [0.3, 0.4) is 0 Å². The minimum atomic E-state index is -0.355. The van der Waals surface area contributed by atoms with Crippen molar-refractivity contribution in [3.05, 3.63) is 17.7 Å². The summed E-state index contributed by atoms with van der Waals surface area (Å²) < 4.78 is 16.0. The maximum atomic E-state index is 11.8. The Morgan fingerprint density at radius 2 is 1.94 bits per heavy atom. The van der Waals surface area contributed by atoms with Crippen LogP contribution >= 0.6 is 0 Å². The van der Waals surface area contributed by atoms with Gasteiger partial charge in [-0.15, -0.1) is 0 Å². The molecule has 2 aliphatic rings. The fourth-order valence-electron chi connectivity index (χ4n) is 2.40. The van der Waals surface area contributed by atoms with Gasteiger partial charge in [0, 0.05) is 11.6 Å². The Bertz CT molecular complexity index is 488. The molecule has 0 N–H and O–H groups in total. The van der Waals surface area contributed by atoms with Crippen LogP contribution < -0.4 is 14.2 Å². The second kappa shape index (κ2) is 3.39. The zero-order chi connectivity index (χ0) is 12.0. The van der Waals surface area contributed by atoms with Crippen molar-refractivity contribution >= 4 is 5.78 Å². The minimum Gasteiger partial charge on any atom is -0.496 e. The average molecular weight is 234 g/mol. The molecule has 0 amide bonds. The number of ether oxygens (including phenoxy) is 3. The number of fused-ring (bicyclic) bond motifs is 1. The lowest BCUT2D eigenvalue weighted by Gasteiger charge is -2.16. The SMILES string of the molecule is COc1cc2c(cc1C1(C(C)=O)CC1)OCO2. The first kappa shape index (κ1) is 10.4. The predicted octanol–water partition coefficient (Wildman–Crippen LogP) is 2.04. The van der Waals surface area contributed by atoms with E-state index in [9.17, 15) is 4.79 Å². The molecule has 4 nitrogen and oxygen atoms in total. The summed E-state index contributed by atoms with van der Waals surface area (Å²) in [5.41, 5.74) is 0.573. The molecule has 0 aromatic heterocycles. The highest BCUT2D eigenvalue weighted by Crippen LogP contribution is 2.54. The van der Waals surface area contributed by atoms with Gasteiger partial charge in [0.25, 0.3) is 0 Å². The Hall–Kier alpha value is -1.71. The van der Waals surface area contributed by atoms with Gasteiger partial charge in [-0.25, -0.2) is 0 Å². The van der Waals surface area contributed by atoms with Crippen LogP contribution in [-0.2, 0) is 10.2 Å². The molecule has 1 aromatic rings. The van der Waals surface area contributed by atoms with E-state index in [-0.39, 0.29) is 18.0 Å². The van der Waals surface area contributed by atoms with Crippen molar-refractivity contribution in [2.45, 2.75) is 25.2 Å². The van der Waals surface area contributed by atoms with E-state index in [1.54, 1.807) is 20.1 Å². The van der Waals surface area contributed by atoms with E-state index in [0.717, 1.165) is 18.4 Å². The highest BCUT2D eigenvalue weighted by Gasteiger charge is 2.51. The third-order valence-electron chi connectivity index (χ3n) is 3.63. The van der Waals surface area contributed by atoms with Crippen LogP contribution in [0, 0.1) is 0 Å². The molecule has 0 spiro atoms. The van der Waals surface area contributed by atoms with Gasteiger partial charge in [-0.2, -0.15) is 0 Å². The van der Waals surface area contributed by atoms with E-state index >= 15 is 0 Å². The van der Waals surface area contributed by atoms with Gasteiger partial charge in [0.15, 0.2) is 11.5 Å². The quantitative estimate of drug-likeness (QED) is 0.802. The number of methoxy groups -OCH3 is 1. The van der Waals surface area contributed by atoms with Gasteiger partial charge in [-0.05, 0) is 25.8 Å². The van der Waals surface area contributed by atoms with Crippen molar-refractivity contribution in [2.24, 2.45) is 0 Å². The summed E-state index contributed by atoms with van der Waals surface area (Å²) in [5.74, 6) is 2.29. The summed E-state index contributed by atoms with van der Waals surface area (Å²) in [7, 11) is 1.61. The molecule has 4 heteroatoms. The Morgan fingerprint density at radius 1 is 1.29 bits per heavy atom. The molecule has 1 fully saturated rings. The largest absolute Gasteiger partial charge is 0.496 e. The second-order valence-corrected chi connectivity index (χ2v) is 4.54. The number of Topliss-reactive ketones (excluding diaryl/α,β-unsaturated/α-hetero) is 1. The molecule has 0 atom stereocenters. The molecule has 17 heavy (non-hydrogen) atoms. The summed E-state index contributed by atoms with van der Waals surface area (Å²) in [5, 5.41) is 0. The van der Waals surface area contributed by atoms with E-state index in [4.69, 9.17) is 14.2 Å². The number of carbonyl (C=O) groups is 1. The molecule has 1 heterocycles. The van der Waals surface area contributed by atoms with Crippen molar-refractivity contribution in [2.75, 3.05) is 13.9 Å². The van der Waals surface area contributed by atoms with Gasteiger partial charge < -0.3 is 14.2 Å². The third kappa shape index (κ3) is 1.40. The lowest BCUT2D eigenvalue weighted by molar-refractivity contribution is -0.119. The van der Waals surface area contributed by atoms with Crippen molar-refractivity contribution in [3.8, 4) is 17.2 Å². The first-order valence-corrected chi connectivity index (χ1v) is 5.66. The molecule has 0 unspecified atom stereocenters. The van der Waals surface area contributed by atoms with E-state index in [0.29, 0.717) is 17.2 Å². The Kier molecular flexibility index (Phi) is 2.08. The van der Waals surface area contributed by atoms with Gasteiger partial charge in [0.2, 0.25) is 6.79 Å². The summed E-state index contributed by atoms with van der Waals surface area (Å²) in [6.45, 7) is 1.87. The van der Waals surface area contributed by atoms with Crippen LogP contribution in [-0.4, -0.2) is 19.7 Å². The number of ketones is 1. The van der Waals surface area contributed by atoms with Gasteiger partial charge >= 0.3 is 0 Å². The fourth-order valence-corrected chi connectivity index (χ4v) is 2.40. The molecule has 1 aliphatic carbocycles. The summed E-state index contributed by atoms with van der Waals surface area (Å²) >= 11 is 0. The maximum absolute atomic E-state index is 11.8. The average Bonchev–Trinajstić information content (AvgIpc) is 3.01. The number of benzene rings is 1. The van der Waals surface area contributed by atoms with Crippen molar-refractivity contribution in [3.63, 3.8) is 0 Å². The maximum Gasteiger partial charge on any atom is 0.231 e.